The molecule has 0 bridgehead atoms. The van der Waals surface area contributed by atoms with Crippen LogP contribution in [-0.4, -0.2) is 32.6 Å². The van der Waals surface area contributed by atoms with Gasteiger partial charge in [-0.15, -0.1) is 5.10 Å². The van der Waals surface area contributed by atoms with Gasteiger partial charge >= 0.3 is 5.97 Å². The second-order valence-electron chi connectivity index (χ2n) is 3.32. The van der Waals surface area contributed by atoms with Crippen LogP contribution < -0.4 is 5.32 Å². The van der Waals surface area contributed by atoms with Crippen molar-refractivity contribution in [3.05, 3.63) is 11.1 Å². The van der Waals surface area contributed by atoms with E-state index in [0.717, 1.165) is 11.5 Å². The van der Waals surface area contributed by atoms with E-state index in [1.54, 1.807) is 13.8 Å². The summed E-state index contributed by atoms with van der Waals surface area (Å²) >= 11 is 1.04. The third-order valence-electron chi connectivity index (χ3n) is 1.81. The highest BCUT2D eigenvalue weighted by atomic mass is 32.1. The molecule has 15 heavy (non-hydrogen) atoms. The molecule has 1 rings (SSSR count). The normalized spacial score (nSPS) is 12.5. The van der Waals surface area contributed by atoms with Crippen LogP contribution in [0.5, 0.6) is 0 Å². The van der Waals surface area contributed by atoms with Crippen LogP contribution in [0.25, 0.3) is 0 Å². The third-order valence-corrected chi connectivity index (χ3v) is 2.32. The van der Waals surface area contributed by atoms with Crippen molar-refractivity contribution in [2.75, 3.05) is 0 Å². The van der Waals surface area contributed by atoms with E-state index in [-0.39, 0.29) is 11.6 Å². The van der Waals surface area contributed by atoms with Crippen molar-refractivity contribution in [2.24, 2.45) is 5.92 Å². The second-order valence-corrected chi connectivity index (χ2v) is 3.93. The molecule has 0 aliphatic rings. The number of carbonyl (C=O) groups excluding carboxylic acids is 1. The van der Waals surface area contributed by atoms with Crippen LogP contribution in [0.3, 0.4) is 0 Å². The number of carboxylic acid groups (broad SMARTS) is 1. The van der Waals surface area contributed by atoms with Gasteiger partial charge in [0.05, 0.1) is 0 Å². The molecule has 1 aromatic heterocycles. The van der Waals surface area contributed by atoms with Gasteiger partial charge in [0.2, 0.25) is 0 Å². The molecule has 1 aromatic rings. The predicted molar refractivity (Wildman–Crippen MR) is 53.6 cm³/mol. The second kappa shape index (κ2) is 4.83. The van der Waals surface area contributed by atoms with Crippen molar-refractivity contribution >= 4 is 23.4 Å². The highest BCUT2D eigenvalue weighted by molar-refractivity contribution is 7.03. The number of amides is 1. The molecule has 0 unspecified atom stereocenters. The molecule has 0 aromatic carbocycles. The quantitative estimate of drug-likeness (QED) is 0.778. The average Bonchev–Trinajstić information content (AvgIpc) is 2.65. The van der Waals surface area contributed by atoms with Gasteiger partial charge in [-0.2, -0.15) is 0 Å². The van der Waals surface area contributed by atoms with E-state index >= 15 is 0 Å². The number of hydrogen-bond acceptors (Lipinski definition) is 5. The van der Waals surface area contributed by atoms with E-state index in [4.69, 9.17) is 5.11 Å². The smallest absolute Gasteiger partial charge is 0.326 e. The van der Waals surface area contributed by atoms with Crippen LogP contribution >= 0.6 is 11.5 Å². The molecule has 0 aliphatic heterocycles. The Labute approximate surface area is 90.5 Å². The monoisotopic (exact) mass is 229 g/mol. The van der Waals surface area contributed by atoms with Crippen molar-refractivity contribution < 1.29 is 14.7 Å². The van der Waals surface area contributed by atoms with Crippen molar-refractivity contribution in [1.29, 1.82) is 0 Å². The maximum atomic E-state index is 11.5. The molecule has 0 radical (unpaired) electrons. The summed E-state index contributed by atoms with van der Waals surface area (Å²) in [5.41, 5.74) is 0.145. The summed E-state index contributed by atoms with van der Waals surface area (Å²) < 4.78 is 3.52. The molecular formula is C8H11N3O3S. The first-order valence-corrected chi connectivity index (χ1v) is 5.16. The Kier molecular flexibility index (Phi) is 3.73. The van der Waals surface area contributed by atoms with Crippen molar-refractivity contribution in [3.8, 4) is 0 Å². The van der Waals surface area contributed by atoms with E-state index in [1.807, 2.05) is 0 Å². The van der Waals surface area contributed by atoms with Crippen LogP contribution in [0.2, 0.25) is 0 Å². The van der Waals surface area contributed by atoms with Gasteiger partial charge in [-0.3, -0.25) is 4.79 Å². The van der Waals surface area contributed by atoms with Gasteiger partial charge in [0, 0.05) is 5.38 Å². The lowest BCUT2D eigenvalue weighted by atomic mass is 10.0. The minimum atomic E-state index is -1.05. The third kappa shape index (κ3) is 2.98. The number of carbonyl (C=O) groups is 2. The number of rotatable bonds is 4. The summed E-state index contributed by atoms with van der Waals surface area (Å²) in [7, 11) is 0. The fourth-order valence-corrected chi connectivity index (χ4v) is 1.43. The van der Waals surface area contributed by atoms with Crippen LogP contribution in [0.15, 0.2) is 5.38 Å². The summed E-state index contributed by atoms with van der Waals surface area (Å²) in [6, 6.07) is -0.904. The van der Waals surface area contributed by atoms with Gasteiger partial charge in [-0.1, -0.05) is 18.3 Å². The van der Waals surface area contributed by atoms with E-state index in [2.05, 4.69) is 14.9 Å². The summed E-state index contributed by atoms with van der Waals surface area (Å²) in [4.78, 5) is 22.3. The molecule has 0 fully saturated rings. The molecular weight excluding hydrogens is 218 g/mol. The van der Waals surface area contributed by atoms with E-state index in [0.29, 0.717) is 0 Å². The minimum absolute atomic E-state index is 0.145. The molecule has 0 saturated heterocycles. The number of aliphatic carboxylic acids is 1. The predicted octanol–water partition coefficient (Wildman–Crippen LogP) is 0.377. The van der Waals surface area contributed by atoms with Crippen LogP contribution in [0.1, 0.15) is 24.3 Å². The molecule has 1 amide bonds. The highest BCUT2D eigenvalue weighted by Gasteiger charge is 2.24. The molecule has 1 heterocycles. The Hall–Kier alpha value is -1.50. The lowest BCUT2D eigenvalue weighted by molar-refractivity contribution is -0.140. The fourth-order valence-electron chi connectivity index (χ4n) is 0.992. The number of nitrogens with zero attached hydrogens (tertiary/aromatic N) is 2. The Bertz CT molecular complexity index is 350. The SMILES string of the molecule is CC(C)[C@@H](NC(=O)c1csnn1)C(=O)O. The molecule has 7 heteroatoms. The number of nitrogens with one attached hydrogen (secondary N) is 1. The standard InChI is InChI=1S/C8H11N3O3S/c1-4(2)6(8(13)14)9-7(12)5-3-15-11-10-5/h3-4,6H,1-2H3,(H,9,12)(H,13,14)/t6-/m1/s1. The summed E-state index contributed by atoms with van der Waals surface area (Å²) in [5, 5.41) is 16.2. The van der Waals surface area contributed by atoms with Crippen LogP contribution in [-0.2, 0) is 4.79 Å². The van der Waals surface area contributed by atoms with Crippen molar-refractivity contribution in [3.63, 3.8) is 0 Å². The first-order chi connectivity index (χ1) is 7.02. The van der Waals surface area contributed by atoms with Crippen LogP contribution in [0, 0.1) is 5.92 Å². The number of hydrogen-bond donors (Lipinski definition) is 2. The summed E-state index contributed by atoms with van der Waals surface area (Å²) in [5.74, 6) is -1.75. The summed E-state index contributed by atoms with van der Waals surface area (Å²) in [6.07, 6.45) is 0. The van der Waals surface area contributed by atoms with Crippen LogP contribution in [0.4, 0.5) is 0 Å². The Morgan fingerprint density at radius 3 is 2.60 bits per heavy atom. The maximum Gasteiger partial charge on any atom is 0.326 e. The van der Waals surface area contributed by atoms with E-state index < -0.39 is 17.9 Å². The van der Waals surface area contributed by atoms with Gasteiger partial charge in [0.1, 0.15) is 6.04 Å². The van der Waals surface area contributed by atoms with Crippen molar-refractivity contribution in [2.45, 2.75) is 19.9 Å². The molecule has 2 N–H and O–H groups in total. The zero-order chi connectivity index (χ0) is 11.4. The lowest BCUT2D eigenvalue weighted by Crippen LogP contribution is -2.44. The average molecular weight is 229 g/mol. The minimum Gasteiger partial charge on any atom is -0.480 e. The number of carboxylic acids is 1. The van der Waals surface area contributed by atoms with E-state index in [1.165, 1.54) is 5.38 Å². The zero-order valence-electron chi connectivity index (χ0n) is 8.30. The molecule has 0 saturated carbocycles. The molecule has 1 atom stereocenters. The topological polar surface area (TPSA) is 92.2 Å². The Morgan fingerprint density at radius 2 is 2.20 bits per heavy atom. The van der Waals surface area contributed by atoms with Gasteiger partial charge in [0.25, 0.3) is 5.91 Å². The van der Waals surface area contributed by atoms with Crippen molar-refractivity contribution in [1.82, 2.24) is 14.9 Å². The largest absolute Gasteiger partial charge is 0.480 e. The van der Waals surface area contributed by atoms with Gasteiger partial charge in [0.15, 0.2) is 5.69 Å². The van der Waals surface area contributed by atoms with Gasteiger partial charge in [-0.05, 0) is 17.5 Å². The van der Waals surface area contributed by atoms with Gasteiger partial charge in [-0.25, -0.2) is 4.79 Å². The maximum absolute atomic E-state index is 11.5. The summed E-state index contributed by atoms with van der Waals surface area (Å²) in [6.45, 7) is 3.44. The molecule has 0 aliphatic carbocycles. The Morgan fingerprint density at radius 1 is 1.53 bits per heavy atom. The van der Waals surface area contributed by atoms with E-state index in [9.17, 15) is 9.59 Å². The highest BCUT2D eigenvalue weighted by Crippen LogP contribution is 2.04. The fraction of sp³-hybridized carbons (Fsp3) is 0.500. The zero-order valence-corrected chi connectivity index (χ0v) is 9.11. The molecule has 6 nitrogen and oxygen atoms in total. The first kappa shape index (κ1) is 11.6. The molecule has 0 spiro atoms. The van der Waals surface area contributed by atoms with Gasteiger partial charge < -0.3 is 10.4 Å². The first-order valence-electron chi connectivity index (χ1n) is 4.33. The molecule has 82 valence electrons. The number of aromatic nitrogens is 2. The Balaban J connectivity index is 2.67. The lowest BCUT2D eigenvalue weighted by Gasteiger charge is -2.16.